The Morgan fingerprint density at radius 2 is 2.28 bits per heavy atom. The lowest BCUT2D eigenvalue weighted by Crippen LogP contribution is -2.34. The summed E-state index contributed by atoms with van der Waals surface area (Å²) < 4.78 is 0. The third kappa shape index (κ3) is 2.64. The predicted molar refractivity (Wildman–Crippen MR) is 73.9 cm³/mol. The lowest BCUT2D eigenvalue weighted by molar-refractivity contribution is -0.131. The molecule has 1 heterocycles. The number of carbonyl (C=O) groups excluding carboxylic acids is 1. The fraction of sp³-hybridized carbons (Fsp3) is 0.500. The van der Waals surface area contributed by atoms with Crippen molar-refractivity contribution < 1.29 is 4.79 Å². The van der Waals surface area contributed by atoms with Gasteiger partial charge >= 0.3 is 0 Å². The Balaban J connectivity index is 1.98. The number of nitrogens with one attached hydrogen (secondary N) is 2. The van der Waals surface area contributed by atoms with Crippen LogP contribution in [0.1, 0.15) is 17.9 Å². The van der Waals surface area contributed by atoms with Gasteiger partial charge in [-0.1, -0.05) is 18.2 Å². The van der Waals surface area contributed by atoms with E-state index in [0.717, 1.165) is 30.8 Å². The minimum Gasteiger partial charge on any atom is -0.384 e. The average molecular weight is 247 g/mol. The first-order valence-corrected chi connectivity index (χ1v) is 6.46. The first-order chi connectivity index (χ1) is 8.74. The Morgan fingerprint density at radius 3 is 3.06 bits per heavy atom. The summed E-state index contributed by atoms with van der Waals surface area (Å²) in [6.45, 7) is 2.46. The van der Waals surface area contributed by atoms with Gasteiger partial charge in [0.1, 0.15) is 0 Å². The summed E-state index contributed by atoms with van der Waals surface area (Å²) in [6, 6.07) is 8.06. The molecule has 0 radical (unpaired) electrons. The Bertz CT molecular complexity index is 419. The number of amides is 1. The zero-order chi connectivity index (χ0) is 13.0. The van der Waals surface area contributed by atoms with Crippen molar-refractivity contribution in [3.05, 3.63) is 29.8 Å². The van der Waals surface area contributed by atoms with Gasteiger partial charge in [-0.25, -0.2) is 0 Å². The third-order valence-electron chi connectivity index (χ3n) is 3.43. The standard InChI is InChI=1S/C14H21N3O/c1-15-8-5-9-17(2)14(18)12-10-16-13-7-4-3-6-11(12)13/h3-4,6-7,12,15-16H,5,8-10H2,1-2H3. The van der Waals surface area contributed by atoms with E-state index in [4.69, 9.17) is 0 Å². The summed E-state index contributed by atoms with van der Waals surface area (Å²) in [5, 5.41) is 6.39. The van der Waals surface area contributed by atoms with E-state index in [-0.39, 0.29) is 11.8 Å². The van der Waals surface area contributed by atoms with Gasteiger partial charge in [-0.05, 0) is 31.6 Å². The Morgan fingerprint density at radius 1 is 1.50 bits per heavy atom. The van der Waals surface area contributed by atoms with Crippen LogP contribution in [0.3, 0.4) is 0 Å². The van der Waals surface area contributed by atoms with Crippen molar-refractivity contribution in [3.8, 4) is 0 Å². The Hall–Kier alpha value is -1.55. The van der Waals surface area contributed by atoms with E-state index in [9.17, 15) is 4.79 Å². The maximum Gasteiger partial charge on any atom is 0.231 e. The van der Waals surface area contributed by atoms with E-state index < -0.39 is 0 Å². The van der Waals surface area contributed by atoms with Gasteiger partial charge in [0, 0.05) is 25.8 Å². The molecule has 0 aliphatic carbocycles. The molecule has 0 bridgehead atoms. The van der Waals surface area contributed by atoms with Crippen molar-refractivity contribution >= 4 is 11.6 Å². The van der Waals surface area contributed by atoms with E-state index in [2.05, 4.69) is 10.6 Å². The highest BCUT2D eigenvalue weighted by Gasteiger charge is 2.29. The molecule has 2 rings (SSSR count). The first kappa shape index (κ1) is 12.9. The first-order valence-electron chi connectivity index (χ1n) is 6.46. The van der Waals surface area contributed by atoms with Crippen molar-refractivity contribution in [2.45, 2.75) is 12.3 Å². The summed E-state index contributed by atoms with van der Waals surface area (Å²) in [4.78, 5) is 14.2. The second kappa shape index (κ2) is 5.87. The zero-order valence-corrected chi connectivity index (χ0v) is 11.1. The number of rotatable bonds is 5. The summed E-state index contributed by atoms with van der Waals surface area (Å²) in [7, 11) is 3.82. The number of para-hydroxylation sites is 1. The van der Waals surface area contributed by atoms with Gasteiger partial charge in [0.05, 0.1) is 5.92 Å². The second-order valence-electron chi connectivity index (χ2n) is 4.74. The van der Waals surface area contributed by atoms with Crippen LogP contribution in [-0.2, 0) is 4.79 Å². The molecule has 4 nitrogen and oxygen atoms in total. The summed E-state index contributed by atoms with van der Waals surface area (Å²) in [5.74, 6) is 0.185. The summed E-state index contributed by atoms with van der Waals surface area (Å²) in [6.07, 6.45) is 0.987. The van der Waals surface area contributed by atoms with Crippen LogP contribution in [0.4, 0.5) is 5.69 Å². The topological polar surface area (TPSA) is 44.4 Å². The average Bonchev–Trinajstić information content (AvgIpc) is 2.82. The van der Waals surface area contributed by atoms with Crippen molar-refractivity contribution in [2.75, 3.05) is 39.0 Å². The molecule has 1 aliphatic heterocycles. The number of nitrogens with zero attached hydrogens (tertiary/aromatic N) is 1. The fourth-order valence-electron chi connectivity index (χ4n) is 2.37. The molecule has 1 atom stereocenters. The third-order valence-corrected chi connectivity index (χ3v) is 3.43. The van der Waals surface area contributed by atoms with Crippen LogP contribution in [0, 0.1) is 0 Å². The number of fused-ring (bicyclic) bond motifs is 1. The molecule has 0 aromatic heterocycles. The second-order valence-corrected chi connectivity index (χ2v) is 4.74. The largest absolute Gasteiger partial charge is 0.384 e. The van der Waals surface area contributed by atoms with Gasteiger partial charge in [-0.3, -0.25) is 4.79 Å². The van der Waals surface area contributed by atoms with Gasteiger partial charge in [-0.15, -0.1) is 0 Å². The predicted octanol–water partition coefficient (Wildman–Crippen LogP) is 1.26. The van der Waals surface area contributed by atoms with Gasteiger partial charge in [0.15, 0.2) is 0 Å². The molecule has 4 heteroatoms. The van der Waals surface area contributed by atoms with Crippen LogP contribution >= 0.6 is 0 Å². The van der Waals surface area contributed by atoms with Crippen LogP contribution < -0.4 is 10.6 Å². The summed E-state index contributed by atoms with van der Waals surface area (Å²) in [5.41, 5.74) is 2.22. The van der Waals surface area contributed by atoms with Crippen molar-refractivity contribution in [3.63, 3.8) is 0 Å². The van der Waals surface area contributed by atoms with E-state index >= 15 is 0 Å². The van der Waals surface area contributed by atoms with Gasteiger partial charge < -0.3 is 15.5 Å². The van der Waals surface area contributed by atoms with Crippen molar-refractivity contribution in [1.29, 1.82) is 0 Å². The number of hydrogen-bond acceptors (Lipinski definition) is 3. The zero-order valence-electron chi connectivity index (χ0n) is 11.1. The molecular formula is C14H21N3O. The van der Waals surface area contributed by atoms with Crippen LogP contribution in [0.2, 0.25) is 0 Å². The van der Waals surface area contributed by atoms with Gasteiger partial charge in [-0.2, -0.15) is 0 Å². The van der Waals surface area contributed by atoms with Gasteiger partial charge in [0.25, 0.3) is 0 Å². The molecule has 18 heavy (non-hydrogen) atoms. The fourth-order valence-corrected chi connectivity index (χ4v) is 2.37. The highest BCUT2D eigenvalue weighted by atomic mass is 16.2. The molecule has 98 valence electrons. The molecule has 0 saturated carbocycles. The number of hydrogen-bond donors (Lipinski definition) is 2. The molecule has 1 aromatic rings. The number of anilines is 1. The van der Waals surface area contributed by atoms with E-state index in [0.29, 0.717) is 6.54 Å². The Labute approximate surface area is 108 Å². The minimum atomic E-state index is -0.0271. The van der Waals surface area contributed by atoms with E-state index in [1.54, 1.807) is 0 Å². The number of carbonyl (C=O) groups is 1. The van der Waals surface area contributed by atoms with Crippen LogP contribution in [-0.4, -0.2) is 44.5 Å². The number of benzene rings is 1. The lowest BCUT2D eigenvalue weighted by atomic mass is 10.00. The monoisotopic (exact) mass is 247 g/mol. The normalized spacial score (nSPS) is 17.1. The molecule has 1 unspecified atom stereocenters. The molecule has 0 fully saturated rings. The molecular weight excluding hydrogens is 226 g/mol. The van der Waals surface area contributed by atoms with E-state index in [1.807, 2.05) is 43.3 Å². The highest BCUT2D eigenvalue weighted by molar-refractivity contribution is 5.88. The molecule has 0 spiro atoms. The molecule has 1 amide bonds. The van der Waals surface area contributed by atoms with Crippen molar-refractivity contribution in [1.82, 2.24) is 10.2 Å². The Kier molecular flexibility index (Phi) is 4.20. The minimum absolute atomic E-state index is 0.0271. The number of likely N-dealkylation sites (N-methyl/N-ethyl adjacent to an activating group) is 1. The highest BCUT2D eigenvalue weighted by Crippen LogP contribution is 2.31. The quantitative estimate of drug-likeness (QED) is 0.770. The van der Waals surface area contributed by atoms with Gasteiger partial charge in [0.2, 0.25) is 5.91 Å². The molecule has 1 aliphatic rings. The molecule has 2 N–H and O–H groups in total. The smallest absolute Gasteiger partial charge is 0.231 e. The SMILES string of the molecule is CNCCCN(C)C(=O)C1CNc2ccccc21. The maximum atomic E-state index is 12.4. The maximum absolute atomic E-state index is 12.4. The van der Waals surface area contributed by atoms with Crippen LogP contribution in [0.15, 0.2) is 24.3 Å². The van der Waals surface area contributed by atoms with Crippen LogP contribution in [0.25, 0.3) is 0 Å². The summed E-state index contributed by atoms with van der Waals surface area (Å²) >= 11 is 0. The molecule has 1 aromatic carbocycles. The molecule has 0 saturated heterocycles. The van der Waals surface area contributed by atoms with Crippen LogP contribution in [0.5, 0.6) is 0 Å². The van der Waals surface area contributed by atoms with E-state index in [1.165, 1.54) is 0 Å². The van der Waals surface area contributed by atoms with Crippen molar-refractivity contribution in [2.24, 2.45) is 0 Å². The lowest BCUT2D eigenvalue weighted by Gasteiger charge is -2.21.